The maximum atomic E-state index is 12.5. The quantitative estimate of drug-likeness (QED) is 0.931. The van der Waals surface area contributed by atoms with Crippen molar-refractivity contribution in [3.63, 3.8) is 0 Å². The van der Waals surface area contributed by atoms with E-state index < -0.39 is 11.4 Å². The van der Waals surface area contributed by atoms with Crippen molar-refractivity contribution in [1.82, 2.24) is 14.9 Å². The zero-order valence-electron chi connectivity index (χ0n) is 13.8. The van der Waals surface area contributed by atoms with Gasteiger partial charge in [0, 0.05) is 0 Å². The molecule has 23 heavy (non-hydrogen) atoms. The Morgan fingerprint density at radius 1 is 1.48 bits per heavy atom. The Morgan fingerprint density at radius 2 is 2.17 bits per heavy atom. The van der Waals surface area contributed by atoms with E-state index in [0.29, 0.717) is 10.9 Å². The first-order valence-corrected chi connectivity index (χ1v) is 7.45. The van der Waals surface area contributed by atoms with Crippen LogP contribution in [0.2, 0.25) is 0 Å². The number of hydrogen-bond donors (Lipinski definition) is 1. The van der Waals surface area contributed by atoms with Crippen LogP contribution in [0.5, 0.6) is 0 Å². The second kappa shape index (κ2) is 6.21. The van der Waals surface area contributed by atoms with Crippen LogP contribution in [0.4, 0.5) is 0 Å². The molecule has 0 saturated heterocycles. The van der Waals surface area contributed by atoms with Crippen LogP contribution in [0.3, 0.4) is 0 Å². The third-order valence-electron chi connectivity index (χ3n) is 4.08. The third kappa shape index (κ3) is 3.39. The molecule has 0 bridgehead atoms. The predicted molar refractivity (Wildman–Crippen MR) is 87.7 cm³/mol. The van der Waals surface area contributed by atoms with Crippen molar-refractivity contribution in [2.24, 2.45) is 5.92 Å². The average Bonchev–Trinajstić information content (AvgIpc) is 2.50. The first-order valence-electron chi connectivity index (χ1n) is 7.45. The highest BCUT2D eigenvalue weighted by Gasteiger charge is 2.30. The van der Waals surface area contributed by atoms with Gasteiger partial charge in [0.25, 0.3) is 5.56 Å². The number of fused-ring (bicyclic) bond motifs is 1. The number of carbonyl (C=O) groups excluding carboxylic acids is 1. The van der Waals surface area contributed by atoms with Crippen LogP contribution in [0, 0.1) is 24.2 Å². The number of benzene rings is 1. The van der Waals surface area contributed by atoms with Crippen molar-refractivity contribution in [1.29, 1.82) is 5.26 Å². The molecule has 1 unspecified atom stereocenters. The number of carbonyl (C=O) groups is 1. The van der Waals surface area contributed by atoms with Crippen molar-refractivity contribution in [2.75, 3.05) is 0 Å². The summed E-state index contributed by atoms with van der Waals surface area (Å²) in [5, 5.41) is 12.4. The van der Waals surface area contributed by atoms with Gasteiger partial charge in [0.15, 0.2) is 0 Å². The SMILES string of the molecule is Cc1ccc2ncn(CC(=O)NC(C)(C#N)C(C)C)c(=O)c2c1. The Morgan fingerprint density at radius 3 is 2.78 bits per heavy atom. The van der Waals surface area contributed by atoms with Crippen molar-refractivity contribution < 1.29 is 4.79 Å². The van der Waals surface area contributed by atoms with E-state index in [-0.39, 0.29) is 18.0 Å². The number of hydrogen-bond acceptors (Lipinski definition) is 4. The summed E-state index contributed by atoms with van der Waals surface area (Å²) >= 11 is 0. The van der Waals surface area contributed by atoms with Gasteiger partial charge in [-0.25, -0.2) is 4.98 Å². The van der Waals surface area contributed by atoms with Crippen LogP contribution >= 0.6 is 0 Å². The molecule has 0 spiro atoms. The van der Waals surface area contributed by atoms with Crippen LogP contribution < -0.4 is 10.9 Å². The number of aromatic nitrogens is 2. The topological polar surface area (TPSA) is 87.8 Å². The van der Waals surface area contributed by atoms with Gasteiger partial charge in [0.1, 0.15) is 12.1 Å². The molecule has 1 heterocycles. The first kappa shape index (κ1) is 16.7. The molecule has 6 heteroatoms. The normalized spacial score (nSPS) is 13.6. The van der Waals surface area contributed by atoms with Crippen molar-refractivity contribution in [2.45, 2.75) is 39.8 Å². The summed E-state index contributed by atoms with van der Waals surface area (Å²) < 4.78 is 1.26. The van der Waals surface area contributed by atoms with Crippen molar-refractivity contribution in [3.8, 4) is 6.07 Å². The van der Waals surface area contributed by atoms with E-state index in [1.807, 2.05) is 26.8 Å². The van der Waals surface area contributed by atoms with E-state index in [2.05, 4.69) is 16.4 Å². The number of aryl methyl sites for hydroxylation is 1. The van der Waals surface area contributed by atoms with E-state index in [9.17, 15) is 14.9 Å². The lowest BCUT2D eigenvalue weighted by atomic mass is 9.90. The largest absolute Gasteiger partial charge is 0.336 e. The molecule has 1 amide bonds. The Hall–Kier alpha value is -2.68. The Bertz CT molecular complexity index is 848. The van der Waals surface area contributed by atoms with E-state index in [4.69, 9.17) is 0 Å². The maximum Gasteiger partial charge on any atom is 0.261 e. The lowest BCUT2D eigenvalue weighted by Gasteiger charge is -2.27. The Balaban J connectivity index is 2.29. The van der Waals surface area contributed by atoms with Crippen molar-refractivity contribution in [3.05, 3.63) is 40.4 Å². The predicted octanol–water partition coefficient (Wildman–Crippen LogP) is 1.76. The molecule has 1 N–H and O–H groups in total. The lowest BCUT2D eigenvalue weighted by molar-refractivity contribution is -0.123. The van der Waals surface area contributed by atoms with Gasteiger partial charge in [0.2, 0.25) is 5.91 Å². The van der Waals surface area contributed by atoms with E-state index in [1.54, 1.807) is 19.1 Å². The summed E-state index contributed by atoms with van der Waals surface area (Å²) in [4.78, 5) is 28.9. The molecule has 2 aromatic rings. The summed E-state index contributed by atoms with van der Waals surface area (Å²) in [6, 6.07) is 7.53. The minimum atomic E-state index is -0.971. The van der Waals surface area contributed by atoms with Crippen molar-refractivity contribution >= 4 is 16.8 Å². The molecular formula is C17H20N4O2. The summed E-state index contributed by atoms with van der Waals surface area (Å²) in [5.41, 5.74) is 0.315. The van der Waals surface area contributed by atoms with Gasteiger partial charge in [-0.3, -0.25) is 14.2 Å². The smallest absolute Gasteiger partial charge is 0.261 e. The zero-order valence-corrected chi connectivity index (χ0v) is 13.8. The molecule has 2 rings (SSSR count). The van der Waals surface area contributed by atoms with E-state index in [1.165, 1.54) is 10.9 Å². The fourth-order valence-electron chi connectivity index (χ4n) is 2.17. The summed E-state index contributed by atoms with van der Waals surface area (Å²) in [5.74, 6) is -0.441. The second-order valence-electron chi connectivity index (χ2n) is 6.22. The molecule has 1 atom stereocenters. The minimum Gasteiger partial charge on any atom is -0.336 e. The molecule has 0 aliphatic rings. The van der Waals surface area contributed by atoms with E-state index in [0.717, 1.165) is 5.56 Å². The summed E-state index contributed by atoms with van der Waals surface area (Å²) in [6.45, 7) is 7.11. The van der Waals surface area contributed by atoms with Gasteiger partial charge >= 0.3 is 0 Å². The Kier molecular flexibility index (Phi) is 4.50. The molecule has 0 aliphatic carbocycles. The zero-order chi connectivity index (χ0) is 17.2. The maximum absolute atomic E-state index is 12.5. The van der Waals surface area contributed by atoms with Gasteiger partial charge < -0.3 is 5.32 Å². The van der Waals surface area contributed by atoms with Crippen LogP contribution in [0.25, 0.3) is 10.9 Å². The number of nitrogens with zero attached hydrogens (tertiary/aromatic N) is 3. The molecule has 1 aromatic heterocycles. The van der Waals surface area contributed by atoms with Gasteiger partial charge in [-0.1, -0.05) is 25.5 Å². The highest BCUT2D eigenvalue weighted by molar-refractivity contribution is 5.80. The van der Waals surface area contributed by atoms with Gasteiger partial charge in [-0.15, -0.1) is 0 Å². The molecule has 0 saturated carbocycles. The van der Waals surface area contributed by atoms with Gasteiger partial charge in [-0.2, -0.15) is 5.26 Å². The molecule has 0 fully saturated rings. The highest BCUT2D eigenvalue weighted by atomic mass is 16.2. The van der Waals surface area contributed by atoms with E-state index >= 15 is 0 Å². The average molecular weight is 312 g/mol. The fraction of sp³-hybridized carbons (Fsp3) is 0.412. The molecule has 0 aliphatic heterocycles. The number of amides is 1. The third-order valence-corrected chi connectivity index (χ3v) is 4.08. The van der Waals surface area contributed by atoms with Gasteiger partial charge in [0.05, 0.1) is 23.3 Å². The summed E-state index contributed by atoms with van der Waals surface area (Å²) in [6.07, 6.45) is 1.36. The molecular weight excluding hydrogens is 292 g/mol. The molecule has 6 nitrogen and oxygen atoms in total. The second-order valence-corrected chi connectivity index (χ2v) is 6.22. The monoisotopic (exact) mass is 312 g/mol. The molecule has 0 radical (unpaired) electrons. The molecule has 120 valence electrons. The number of rotatable bonds is 4. The minimum absolute atomic E-state index is 0.0504. The number of nitrogens with one attached hydrogen (secondary N) is 1. The van der Waals surface area contributed by atoms with Crippen LogP contribution in [-0.2, 0) is 11.3 Å². The fourth-order valence-corrected chi connectivity index (χ4v) is 2.17. The standard InChI is InChI=1S/C17H20N4O2/c1-11(2)17(4,9-18)20-15(22)8-21-10-19-14-6-5-12(3)7-13(14)16(21)23/h5-7,10-11H,8H2,1-4H3,(H,20,22). The Labute approximate surface area is 134 Å². The first-order chi connectivity index (χ1) is 10.8. The summed E-state index contributed by atoms with van der Waals surface area (Å²) in [7, 11) is 0. The van der Waals surface area contributed by atoms with Crippen LogP contribution in [0.15, 0.2) is 29.3 Å². The molecule has 1 aromatic carbocycles. The number of nitriles is 1. The lowest BCUT2D eigenvalue weighted by Crippen LogP contribution is -2.50. The van der Waals surface area contributed by atoms with Crippen LogP contribution in [-0.4, -0.2) is 21.0 Å². The highest BCUT2D eigenvalue weighted by Crippen LogP contribution is 2.15. The van der Waals surface area contributed by atoms with Gasteiger partial charge in [-0.05, 0) is 31.9 Å². The van der Waals surface area contributed by atoms with Crippen LogP contribution in [0.1, 0.15) is 26.3 Å².